The van der Waals surface area contributed by atoms with Crippen LogP contribution in [0.3, 0.4) is 0 Å². The van der Waals surface area contributed by atoms with Gasteiger partial charge in [-0.15, -0.1) is 0 Å². The molecule has 3 aliphatic carbocycles. The van der Waals surface area contributed by atoms with Gasteiger partial charge in [0.05, 0.1) is 31.7 Å². The maximum absolute atomic E-state index is 13.5. The summed E-state index contributed by atoms with van der Waals surface area (Å²) < 4.78 is 47.9. The van der Waals surface area contributed by atoms with E-state index >= 15 is 0 Å². The molecule has 43 heavy (non-hydrogen) atoms. The van der Waals surface area contributed by atoms with Crippen LogP contribution in [0.2, 0.25) is 0 Å². The van der Waals surface area contributed by atoms with Crippen LogP contribution >= 0.6 is 0 Å². The first-order chi connectivity index (χ1) is 20.3. The van der Waals surface area contributed by atoms with Crippen molar-refractivity contribution in [2.75, 3.05) is 19.8 Å². The Kier molecular flexibility index (Phi) is 6.64. The molecular weight excluding hydrogens is 571 g/mol. The summed E-state index contributed by atoms with van der Waals surface area (Å²) in [5.74, 6) is -1.89. The molecule has 4 aliphatic heterocycles. The lowest BCUT2D eigenvalue weighted by Crippen LogP contribution is -2.74. The minimum Gasteiger partial charge on any atom is -0.463 e. The summed E-state index contributed by atoms with van der Waals surface area (Å²) in [5.41, 5.74) is -2.45. The minimum absolute atomic E-state index is 0.0581. The van der Waals surface area contributed by atoms with E-state index in [0.29, 0.717) is 31.3 Å². The molecule has 12 atom stereocenters. The predicted octanol–water partition coefficient (Wildman–Crippen LogP) is 0.420. The van der Waals surface area contributed by atoms with E-state index in [1.165, 1.54) is 0 Å². The van der Waals surface area contributed by atoms with E-state index < -0.39 is 84.1 Å². The number of esters is 3. The van der Waals surface area contributed by atoms with Gasteiger partial charge in [0, 0.05) is 17.4 Å². The summed E-state index contributed by atoms with van der Waals surface area (Å²) in [7, 11) is 0. The van der Waals surface area contributed by atoms with E-state index in [2.05, 4.69) is 0 Å². The fraction of sp³-hybridized carbons (Fsp3) is 0.833. The van der Waals surface area contributed by atoms with E-state index in [-0.39, 0.29) is 43.4 Å². The Hall–Kier alpha value is -2.16. The van der Waals surface area contributed by atoms with Crippen LogP contribution in [0.5, 0.6) is 0 Å². The van der Waals surface area contributed by atoms with Gasteiger partial charge in [-0.3, -0.25) is 9.59 Å². The summed E-state index contributed by atoms with van der Waals surface area (Å²) in [6.07, 6.45) is -6.42. The second-order valence-corrected chi connectivity index (χ2v) is 13.8. The number of halogens is 1. The third kappa shape index (κ3) is 3.91. The molecule has 0 unspecified atom stereocenters. The third-order valence-electron chi connectivity index (χ3n) is 11.6. The van der Waals surface area contributed by atoms with Gasteiger partial charge < -0.3 is 43.7 Å². The number of epoxide rings is 2. The smallest absolute Gasteiger partial charge is 0.334 e. The van der Waals surface area contributed by atoms with Gasteiger partial charge in [-0.1, -0.05) is 20.8 Å². The Balaban J connectivity index is 1.06. The first-order valence-corrected chi connectivity index (χ1v) is 15.2. The number of carbonyl (C=O) groups excluding carboxylic acids is 3. The summed E-state index contributed by atoms with van der Waals surface area (Å²) in [5, 5.41) is 32.3. The van der Waals surface area contributed by atoms with Crippen LogP contribution in [-0.4, -0.2) is 113 Å². The lowest BCUT2D eigenvalue weighted by molar-refractivity contribution is -0.222. The Morgan fingerprint density at radius 1 is 1.12 bits per heavy atom. The molecule has 7 rings (SSSR count). The number of alkyl halides is 1. The second kappa shape index (κ2) is 9.67. The highest BCUT2D eigenvalue weighted by atomic mass is 19.1. The van der Waals surface area contributed by atoms with Gasteiger partial charge in [0.2, 0.25) is 0 Å². The Bertz CT molecular complexity index is 1270. The van der Waals surface area contributed by atoms with Gasteiger partial charge in [0.25, 0.3) is 0 Å². The molecule has 7 aliphatic rings. The van der Waals surface area contributed by atoms with Crippen LogP contribution in [0.15, 0.2) is 11.1 Å². The average Bonchev–Trinajstić information content (AvgIpc) is 3.84. The summed E-state index contributed by atoms with van der Waals surface area (Å²) in [6, 6.07) is 0. The lowest BCUT2D eigenvalue weighted by Gasteiger charge is -2.60. The molecule has 1 spiro atoms. The molecule has 5 fully saturated rings. The molecule has 3 saturated heterocycles. The molecule has 0 aromatic heterocycles. The Labute approximate surface area is 247 Å². The van der Waals surface area contributed by atoms with Crippen LogP contribution in [0.25, 0.3) is 0 Å². The standard InChI is InChI=1S/C30H39FO12/c1-13(2)29-20(42-29)9-28(37)27(3)7-6-14-15(10-40-25(14)36)16(27)8-19-30(28,43-19)26(29)41-22(33)5-4-21(32)39-12-18-24(35)23(34)17(31)11-38-18/h13,16-20,23-24,26,34-35,37H,4-12H2,1-3H3/t16-,17-,18+,19-,20-,23+,24+,26+,27-,28+,29-,30+/m0/s1. The normalized spacial score (nSPS) is 49.2. The van der Waals surface area contributed by atoms with Crippen LogP contribution in [-0.2, 0) is 42.8 Å². The van der Waals surface area contributed by atoms with Crippen molar-refractivity contribution in [3.05, 3.63) is 11.1 Å². The largest absolute Gasteiger partial charge is 0.463 e. The number of hydrogen-bond donors (Lipinski definition) is 3. The second-order valence-electron chi connectivity index (χ2n) is 13.8. The van der Waals surface area contributed by atoms with Gasteiger partial charge in [0.1, 0.15) is 42.7 Å². The molecular formula is C30H39FO12. The number of rotatable bonds is 7. The predicted molar refractivity (Wildman–Crippen MR) is 140 cm³/mol. The zero-order valence-electron chi connectivity index (χ0n) is 24.5. The number of carbonyl (C=O) groups is 3. The summed E-state index contributed by atoms with van der Waals surface area (Å²) in [6.45, 7) is 5.37. The Morgan fingerprint density at radius 3 is 2.60 bits per heavy atom. The van der Waals surface area contributed by atoms with Crippen molar-refractivity contribution in [1.29, 1.82) is 0 Å². The molecule has 0 aromatic rings. The highest BCUT2D eigenvalue weighted by Gasteiger charge is 2.91. The fourth-order valence-electron chi connectivity index (χ4n) is 9.02. The van der Waals surface area contributed by atoms with Crippen LogP contribution in [0.1, 0.15) is 59.3 Å². The molecule has 3 N–H and O–H groups in total. The first kappa shape index (κ1) is 29.5. The maximum atomic E-state index is 13.5. The van der Waals surface area contributed by atoms with E-state index in [9.17, 15) is 34.1 Å². The number of aliphatic hydroxyl groups excluding tert-OH is 2. The van der Waals surface area contributed by atoms with Crippen LogP contribution < -0.4 is 0 Å². The molecule has 4 heterocycles. The van der Waals surface area contributed by atoms with Crippen molar-refractivity contribution in [1.82, 2.24) is 0 Å². The number of cyclic esters (lactones) is 1. The molecule has 0 amide bonds. The van der Waals surface area contributed by atoms with Crippen molar-refractivity contribution < 1.29 is 62.5 Å². The van der Waals surface area contributed by atoms with E-state index in [1.54, 1.807) is 0 Å². The fourth-order valence-corrected chi connectivity index (χ4v) is 9.02. The number of hydrogen-bond acceptors (Lipinski definition) is 12. The van der Waals surface area contributed by atoms with Gasteiger partial charge >= 0.3 is 17.9 Å². The molecule has 0 radical (unpaired) electrons. The number of ether oxygens (including phenoxy) is 6. The molecule has 0 bridgehead atoms. The van der Waals surface area contributed by atoms with Gasteiger partial charge in [0.15, 0.2) is 17.9 Å². The highest BCUT2D eigenvalue weighted by molar-refractivity contribution is 5.92. The zero-order valence-corrected chi connectivity index (χ0v) is 24.5. The first-order valence-electron chi connectivity index (χ1n) is 15.2. The van der Waals surface area contributed by atoms with E-state index in [4.69, 9.17) is 28.4 Å². The van der Waals surface area contributed by atoms with E-state index in [1.807, 2.05) is 20.8 Å². The molecule has 12 nitrogen and oxygen atoms in total. The van der Waals surface area contributed by atoms with Crippen molar-refractivity contribution >= 4 is 17.9 Å². The van der Waals surface area contributed by atoms with Crippen LogP contribution in [0, 0.1) is 17.3 Å². The zero-order chi connectivity index (χ0) is 30.7. The van der Waals surface area contributed by atoms with Gasteiger partial charge in [-0.05, 0) is 36.7 Å². The van der Waals surface area contributed by atoms with Gasteiger partial charge in [-0.25, -0.2) is 9.18 Å². The minimum atomic E-state index is -1.74. The SMILES string of the molecule is CC(C)[C@]12O[C@H]1C[C@]1(O)[C@]3(O[C@H]3C[C@H]3C4=C(CC[C@@]31C)C(=O)OC4)[C@@H]2OC(=O)CCC(=O)OC[C@H]1OC[C@H](F)[C@@H](O)[C@@H]1O. The number of aliphatic hydroxyl groups is 3. The topological polar surface area (TPSA) is 174 Å². The summed E-state index contributed by atoms with van der Waals surface area (Å²) >= 11 is 0. The van der Waals surface area contributed by atoms with Crippen LogP contribution in [0.4, 0.5) is 4.39 Å². The maximum Gasteiger partial charge on any atom is 0.334 e. The molecule has 2 saturated carbocycles. The molecule has 13 heteroatoms. The Morgan fingerprint density at radius 2 is 1.86 bits per heavy atom. The average molecular weight is 611 g/mol. The lowest BCUT2D eigenvalue weighted by atomic mass is 9.44. The quantitative estimate of drug-likeness (QED) is 0.206. The highest BCUT2D eigenvalue weighted by Crippen LogP contribution is 2.76. The van der Waals surface area contributed by atoms with Crippen molar-refractivity contribution in [3.8, 4) is 0 Å². The number of fused-ring (bicyclic) bond motifs is 4. The van der Waals surface area contributed by atoms with Crippen molar-refractivity contribution in [2.45, 2.75) is 119 Å². The van der Waals surface area contributed by atoms with Gasteiger partial charge in [-0.2, -0.15) is 0 Å². The molecule has 0 aromatic carbocycles. The van der Waals surface area contributed by atoms with Crippen molar-refractivity contribution in [3.63, 3.8) is 0 Å². The van der Waals surface area contributed by atoms with Crippen molar-refractivity contribution in [2.24, 2.45) is 17.3 Å². The molecule has 238 valence electrons. The monoisotopic (exact) mass is 610 g/mol. The van der Waals surface area contributed by atoms with E-state index in [0.717, 1.165) is 5.57 Å². The third-order valence-corrected chi connectivity index (χ3v) is 11.6. The summed E-state index contributed by atoms with van der Waals surface area (Å²) in [4.78, 5) is 38.0.